The number of benzene rings is 2. The molecule has 0 bridgehead atoms. The molecule has 0 spiro atoms. The lowest BCUT2D eigenvalue weighted by atomic mass is 10.0. The van der Waals surface area contributed by atoms with Crippen molar-refractivity contribution in [1.29, 1.82) is 0 Å². The molecule has 1 amide bonds. The Labute approximate surface area is 148 Å². The number of hydrogen-bond acceptors (Lipinski definition) is 2. The normalized spacial score (nSPS) is 9.83. The van der Waals surface area contributed by atoms with Crippen molar-refractivity contribution in [2.75, 3.05) is 6.54 Å². The zero-order valence-corrected chi connectivity index (χ0v) is 14.0. The third kappa shape index (κ3) is 4.67. The smallest absolute Gasteiger partial charge is 0.252 e. The Morgan fingerprint density at radius 2 is 1.58 bits per heavy atom. The number of pyridine rings is 1. The zero-order chi connectivity index (χ0) is 15.9. The lowest BCUT2D eigenvalue weighted by molar-refractivity contribution is 0.0954. The molecular weight excluding hydrogens is 320 g/mol. The monoisotopic (exact) mass is 338 g/mol. The standard InChI is InChI=1S/C20H18N2O.ClH/c23-20(19-7-4-13-21-15-19)22-14-12-16-8-10-18(11-9-16)17-5-2-1-3-6-17;/h1-11,13,15H,12,14H2,(H,22,23);1H. The van der Waals surface area contributed by atoms with E-state index < -0.39 is 0 Å². The fourth-order valence-electron chi connectivity index (χ4n) is 2.41. The van der Waals surface area contributed by atoms with E-state index in [9.17, 15) is 4.79 Å². The maximum absolute atomic E-state index is 11.9. The van der Waals surface area contributed by atoms with Crippen LogP contribution in [0.2, 0.25) is 0 Å². The topological polar surface area (TPSA) is 42.0 Å². The first kappa shape index (κ1) is 17.7. The van der Waals surface area contributed by atoms with Crippen molar-refractivity contribution < 1.29 is 4.79 Å². The SMILES string of the molecule is Cl.O=C(NCCc1ccc(-c2ccccc2)cc1)c1cccnc1. The molecular formula is C20H19ClN2O. The summed E-state index contributed by atoms with van der Waals surface area (Å²) in [4.78, 5) is 15.9. The maximum Gasteiger partial charge on any atom is 0.252 e. The molecule has 0 unspecified atom stereocenters. The van der Waals surface area contributed by atoms with Gasteiger partial charge >= 0.3 is 0 Å². The van der Waals surface area contributed by atoms with Gasteiger partial charge in [-0.2, -0.15) is 0 Å². The van der Waals surface area contributed by atoms with E-state index in [-0.39, 0.29) is 18.3 Å². The summed E-state index contributed by atoms with van der Waals surface area (Å²) >= 11 is 0. The van der Waals surface area contributed by atoms with Gasteiger partial charge in [0, 0.05) is 18.9 Å². The first-order chi connectivity index (χ1) is 11.3. The lowest BCUT2D eigenvalue weighted by Gasteiger charge is -2.06. The molecule has 3 nitrogen and oxygen atoms in total. The molecule has 4 heteroatoms. The van der Waals surface area contributed by atoms with Crippen LogP contribution in [-0.4, -0.2) is 17.4 Å². The predicted octanol–water partition coefficient (Wildman–Crippen LogP) is 4.14. The highest BCUT2D eigenvalue weighted by Crippen LogP contribution is 2.19. The maximum atomic E-state index is 11.9. The second-order valence-corrected chi connectivity index (χ2v) is 5.31. The molecule has 0 radical (unpaired) electrons. The van der Waals surface area contributed by atoms with Gasteiger partial charge in [0.2, 0.25) is 0 Å². The number of aromatic nitrogens is 1. The van der Waals surface area contributed by atoms with Gasteiger partial charge in [0.25, 0.3) is 5.91 Å². The van der Waals surface area contributed by atoms with Crippen LogP contribution in [0.5, 0.6) is 0 Å². The number of nitrogens with one attached hydrogen (secondary N) is 1. The van der Waals surface area contributed by atoms with Crippen LogP contribution >= 0.6 is 12.4 Å². The average Bonchev–Trinajstić information content (AvgIpc) is 2.64. The summed E-state index contributed by atoms with van der Waals surface area (Å²) in [6, 6.07) is 22.3. The second-order valence-electron chi connectivity index (χ2n) is 5.31. The van der Waals surface area contributed by atoms with Crippen LogP contribution in [0.25, 0.3) is 11.1 Å². The molecule has 3 aromatic rings. The Balaban J connectivity index is 0.00000208. The minimum Gasteiger partial charge on any atom is -0.352 e. The van der Waals surface area contributed by atoms with Crippen molar-refractivity contribution in [3.8, 4) is 11.1 Å². The minimum absolute atomic E-state index is 0. The molecule has 0 aliphatic heterocycles. The van der Waals surface area contributed by atoms with E-state index in [1.54, 1.807) is 24.5 Å². The van der Waals surface area contributed by atoms with E-state index in [1.165, 1.54) is 16.7 Å². The number of amides is 1. The number of carbonyl (C=O) groups excluding carboxylic acids is 1. The van der Waals surface area contributed by atoms with E-state index in [2.05, 4.69) is 46.7 Å². The fraction of sp³-hybridized carbons (Fsp3) is 0.100. The highest BCUT2D eigenvalue weighted by atomic mass is 35.5. The van der Waals surface area contributed by atoms with Crippen molar-refractivity contribution >= 4 is 18.3 Å². The van der Waals surface area contributed by atoms with Gasteiger partial charge in [-0.1, -0.05) is 54.6 Å². The molecule has 0 aliphatic carbocycles. The molecule has 0 atom stereocenters. The number of nitrogens with zero attached hydrogens (tertiary/aromatic N) is 1. The van der Waals surface area contributed by atoms with E-state index in [1.807, 2.05) is 18.2 Å². The third-order valence-corrected chi connectivity index (χ3v) is 3.68. The molecule has 0 aliphatic rings. The van der Waals surface area contributed by atoms with E-state index in [0.29, 0.717) is 12.1 Å². The third-order valence-electron chi connectivity index (χ3n) is 3.68. The quantitative estimate of drug-likeness (QED) is 0.759. The van der Waals surface area contributed by atoms with Crippen LogP contribution in [0.1, 0.15) is 15.9 Å². The lowest BCUT2D eigenvalue weighted by Crippen LogP contribution is -2.25. The summed E-state index contributed by atoms with van der Waals surface area (Å²) in [5.74, 6) is -0.0843. The van der Waals surface area contributed by atoms with Gasteiger partial charge in [0.05, 0.1) is 5.56 Å². The van der Waals surface area contributed by atoms with Crippen molar-refractivity contribution in [3.63, 3.8) is 0 Å². The van der Waals surface area contributed by atoms with Crippen molar-refractivity contribution in [2.24, 2.45) is 0 Å². The Morgan fingerprint density at radius 3 is 2.25 bits per heavy atom. The zero-order valence-electron chi connectivity index (χ0n) is 13.2. The van der Waals surface area contributed by atoms with Crippen molar-refractivity contribution in [3.05, 3.63) is 90.3 Å². The minimum atomic E-state index is -0.0843. The summed E-state index contributed by atoms with van der Waals surface area (Å²) in [6.45, 7) is 0.610. The summed E-state index contributed by atoms with van der Waals surface area (Å²) in [7, 11) is 0. The summed E-state index contributed by atoms with van der Waals surface area (Å²) in [5, 5.41) is 2.91. The van der Waals surface area contributed by atoms with Crippen LogP contribution in [0.3, 0.4) is 0 Å². The summed E-state index contributed by atoms with van der Waals surface area (Å²) in [6.07, 6.45) is 4.04. The second kappa shape index (κ2) is 8.85. The summed E-state index contributed by atoms with van der Waals surface area (Å²) < 4.78 is 0. The van der Waals surface area contributed by atoms with Crippen LogP contribution in [0, 0.1) is 0 Å². The number of hydrogen-bond donors (Lipinski definition) is 1. The molecule has 1 heterocycles. The first-order valence-electron chi connectivity index (χ1n) is 7.65. The van der Waals surface area contributed by atoms with E-state index in [4.69, 9.17) is 0 Å². The Morgan fingerprint density at radius 1 is 0.875 bits per heavy atom. The number of carbonyl (C=O) groups is 1. The van der Waals surface area contributed by atoms with Gasteiger partial charge in [0.1, 0.15) is 0 Å². The summed E-state index contributed by atoms with van der Waals surface area (Å²) in [5.41, 5.74) is 4.21. The first-order valence-corrected chi connectivity index (χ1v) is 7.65. The molecule has 2 aromatic carbocycles. The molecule has 122 valence electrons. The molecule has 24 heavy (non-hydrogen) atoms. The Kier molecular flexibility index (Phi) is 6.52. The largest absolute Gasteiger partial charge is 0.352 e. The Bertz CT molecular complexity index is 759. The van der Waals surface area contributed by atoms with Gasteiger partial charge in [-0.25, -0.2) is 0 Å². The number of rotatable bonds is 5. The van der Waals surface area contributed by atoms with Gasteiger partial charge in [-0.15, -0.1) is 12.4 Å². The molecule has 0 saturated carbocycles. The van der Waals surface area contributed by atoms with Crippen LogP contribution in [0.4, 0.5) is 0 Å². The van der Waals surface area contributed by atoms with Crippen molar-refractivity contribution in [1.82, 2.24) is 10.3 Å². The molecule has 1 aromatic heterocycles. The molecule has 3 rings (SSSR count). The van der Waals surface area contributed by atoms with Gasteiger partial charge in [-0.05, 0) is 35.2 Å². The van der Waals surface area contributed by atoms with Gasteiger partial charge in [0.15, 0.2) is 0 Å². The molecule has 0 saturated heterocycles. The van der Waals surface area contributed by atoms with Crippen molar-refractivity contribution in [2.45, 2.75) is 6.42 Å². The van der Waals surface area contributed by atoms with Crippen LogP contribution < -0.4 is 5.32 Å². The Hall–Kier alpha value is -2.65. The molecule has 0 fully saturated rings. The van der Waals surface area contributed by atoms with Gasteiger partial charge < -0.3 is 5.32 Å². The van der Waals surface area contributed by atoms with E-state index >= 15 is 0 Å². The molecule has 1 N–H and O–H groups in total. The van der Waals surface area contributed by atoms with Gasteiger partial charge in [-0.3, -0.25) is 9.78 Å². The van der Waals surface area contributed by atoms with Crippen LogP contribution in [-0.2, 0) is 6.42 Å². The number of halogens is 1. The van der Waals surface area contributed by atoms with Crippen LogP contribution in [0.15, 0.2) is 79.1 Å². The van der Waals surface area contributed by atoms with E-state index in [0.717, 1.165) is 6.42 Å². The average molecular weight is 339 g/mol. The fourth-order valence-corrected chi connectivity index (χ4v) is 2.41. The highest BCUT2D eigenvalue weighted by Gasteiger charge is 2.04. The predicted molar refractivity (Wildman–Crippen MR) is 99.4 cm³/mol. The highest BCUT2D eigenvalue weighted by molar-refractivity contribution is 5.93.